The minimum absolute atomic E-state index is 0.385. The summed E-state index contributed by atoms with van der Waals surface area (Å²) in [6.07, 6.45) is 0.284. The Hall–Kier alpha value is -1.66. The number of hydrogen-bond acceptors (Lipinski definition) is 5. The number of ether oxygens (including phenoxy) is 3. The van der Waals surface area contributed by atoms with E-state index < -0.39 is 11.7 Å². The molecule has 0 saturated heterocycles. The topological polar surface area (TPSA) is 68.8 Å². The molecule has 22 heavy (non-hydrogen) atoms. The first-order chi connectivity index (χ1) is 10.3. The fraction of sp³-hybridized carbons (Fsp3) is 0.533. The molecule has 0 unspecified atom stereocenters. The van der Waals surface area contributed by atoms with Crippen LogP contribution in [0.1, 0.15) is 32.8 Å². The molecule has 1 heterocycles. The third-order valence-electron chi connectivity index (χ3n) is 2.74. The summed E-state index contributed by atoms with van der Waals surface area (Å²) in [5, 5.41) is 0.494. The van der Waals surface area contributed by atoms with Crippen LogP contribution in [0.15, 0.2) is 12.1 Å². The molecular formula is C15H21ClN2O4. The number of fused-ring (bicyclic) bond motifs is 1. The van der Waals surface area contributed by atoms with Gasteiger partial charge in [0.25, 0.3) is 0 Å². The van der Waals surface area contributed by atoms with Crippen molar-refractivity contribution in [1.82, 2.24) is 10.9 Å². The van der Waals surface area contributed by atoms with Crippen molar-refractivity contribution in [3.63, 3.8) is 0 Å². The van der Waals surface area contributed by atoms with Gasteiger partial charge in [0.05, 0.1) is 18.2 Å². The maximum absolute atomic E-state index is 11.5. The lowest BCUT2D eigenvalue weighted by Gasteiger charge is -2.20. The van der Waals surface area contributed by atoms with Gasteiger partial charge in [-0.1, -0.05) is 11.6 Å². The van der Waals surface area contributed by atoms with Crippen LogP contribution in [-0.4, -0.2) is 24.9 Å². The Labute approximate surface area is 135 Å². The Bertz CT molecular complexity index is 543. The zero-order valence-electron chi connectivity index (χ0n) is 13.0. The largest absolute Gasteiger partial charge is 0.489 e. The molecule has 1 aromatic carbocycles. The third kappa shape index (κ3) is 4.96. The fourth-order valence-electron chi connectivity index (χ4n) is 1.91. The number of hydrogen-bond donors (Lipinski definition) is 2. The van der Waals surface area contributed by atoms with Crippen molar-refractivity contribution in [3.8, 4) is 11.5 Å². The van der Waals surface area contributed by atoms with Crippen LogP contribution in [0.4, 0.5) is 4.79 Å². The number of nitrogens with one attached hydrogen (secondary N) is 2. The summed E-state index contributed by atoms with van der Waals surface area (Å²) in [5.74, 6) is 1.20. The lowest BCUT2D eigenvalue weighted by atomic mass is 10.2. The fourth-order valence-corrected chi connectivity index (χ4v) is 2.20. The van der Waals surface area contributed by atoms with E-state index in [4.69, 9.17) is 25.8 Å². The highest BCUT2D eigenvalue weighted by Crippen LogP contribution is 2.37. The summed E-state index contributed by atoms with van der Waals surface area (Å²) in [7, 11) is 0. The van der Waals surface area contributed by atoms with Crippen LogP contribution in [0.3, 0.4) is 0 Å². The summed E-state index contributed by atoms with van der Waals surface area (Å²) in [4.78, 5) is 11.5. The highest BCUT2D eigenvalue weighted by atomic mass is 35.5. The number of carbonyl (C=O) groups is 1. The molecule has 0 saturated carbocycles. The lowest BCUT2D eigenvalue weighted by molar-refractivity contribution is 0.0497. The maximum atomic E-state index is 11.5. The highest BCUT2D eigenvalue weighted by molar-refractivity contribution is 6.32. The van der Waals surface area contributed by atoms with E-state index in [9.17, 15) is 4.79 Å². The predicted octanol–water partition coefficient (Wildman–Crippen LogP) is 3.03. The van der Waals surface area contributed by atoms with Gasteiger partial charge in [-0.05, 0) is 38.5 Å². The molecule has 1 aliphatic heterocycles. The minimum Gasteiger partial charge on any atom is -0.489 e. The van der Waals surface area contributed by atoms with E-state index in [1.165, 1.54) is 0 Å². The van der Waals surface area contributed by atoms with Crippen molar-refractivity contribution in [2.24, 2.45) is 0 Å². The Morgan fingerprint density at radius 1 is 1.32 bits per heavy atom. The molecule has 0 atom stereocenters. The van der Waals surface area contributed by atoms with Crippen LogP contribution in [0, 0.1) is 0 Å². The molecule has 1 aromatic rings. The highest BCUT2D eigenvalue weighted by Gasteiger charge is 2.17. The molecule has 0 radical (unpaired) electrons. The molecule has 1 aliphatic rings. The van der Waals surface area contributed by atoms with Gasteiger partial charge in [-0.2, -0.15) is 0 Å². The molecule has 0 aromatic heterocycles. The van der Waals surface area contributed by atoms with E-state index in [2.05, 4.69) is 10.9 Å². The predicted molar refractivity (Wildman–Crippen MR) is 83.3 cm³/mol. The van der Waals surface area contributed by atoms with Gasteiger partial charge in [0.15, 0.2) is 11.5 Å². The third-order valence-corrected chi connectivity index (χ3v) is 3.02. The quantitative estimate of drug-likeness (QED) is 0.835. The second kappa shape index (κ2) is 7.07. The average molecular weight is 329 g/mol. The minimum atomic E-state index is -0.537. The zero-order valence-corrected chi connectivity index (χ0v) is 13.8. The van der Waals surface area contributed by atoms with Crippen LogP contribution in [0.5, 0.6) is 11.5 Å². The van der Waals surface area contributed by atoms with Crippen LogP contribution in [-0.2, 0) is 11.3 Å². The average Bonchev–Trinajstić information content (AvgIpc) is 2.62. The van der Waals surface area contributed by atoms with Crippen molar-refractivity contribution in [3.05, 3.63) is 22.7 Å². The van der Waals surface area contributed by atoms with Crippen LogP contribution < -0.4 is 20.3 Å². The van der Waals surface area contributed by atoms with Gasteiger partial charge in [-0.15, -0.1) is 0 Å². The molecule has 0 aliphatic carbocycles. The Balaban J connectivity index is 1.92. The summed E-state index contributed by atoms with van der Waals surface area (Å²) in [6, 6.07) is 3.62. The van der Waals surface area contributed by atoms with Gasteiger partial charge in [-0.3, -0.25) is 5.43 Å². The van der Waals surface area contributed by atoms with E-state index in [-0.39, 0.29) is 0 Å². The van der Waals surface area contributed by atoms with Crippen LogP contribution in [0.2, 0.25) is 5.02 Å². The van der Waals surface area contributed by atoms with Crippen molar-refractivity contribution in [2.45, 2.75) is 39.3 Å². The van der Waals surface area contributed by atoms with Gasteiger partial charge in [0, 0.05) is 13.0 Å². The molecule has 122 valence electrons. The molecule has 1 amide bonds. The summed E-state index contributed by atoms with van der Waals surface area (Å²) >= 11 is 6.20. The van der Waals surface area contributed by atoms with Crippen molar-refractivity contribution in [1.29, 1.82) is 0 Å². The Morgan fingerprint density at radius 3 is 2.77 bits per heavy atom. The van der Waals surface area contributed by atoms with Gasteiger partial charge >= 0.3 is 6.09 Å². The number of carbonyl (C=O) groups excluding carboxylic acids is 1. The normalized spacial score (nSPS) is 14.2. The first kappa shape index (κ1) is 16.7. The van der Waals surface area contributed by atoms with Gasteiger partial charge in [-0.25, -0.2) is 10.2 Å². The van der Waals surface area contributed by atoms with E-state index >= 15 is 0 Å². The molecular weight excluding hydrogens is 308 g/mol. The lowest BCUT2D eigenvalue weighted by Crippen LogP contribution is -2.40. The molecule has 2 N–H and O–H groups in total. The summed E-state index contributed by atoms with van der Waals surface area (Å²) in [5.41, 5.74) is 5.60. The first-order valence-electron chi connectivity index (χ1n) is 7.15. The smallest absolute Gasteiger partial charge is 0.422 e. The molecule has 7 heteroatoms. The Kier molecular flexibility index (Phi) is 5.37. The van der Waals surface area contributed by atoms with Gasteiger partial charge < -0.3 is 14.2 Å². The maximum Gasteiger partial charge on any atom is 0.422 e. The Morgan fingerprint density at radius 2 is 2.05 bits per heavy atom. The van der Waals surface area contributed by atoms with E-state index in [0.717, 1.165) is 12.0 Å². The molecule has 0 fully saturated rings. The van der Waals surface area contributed by atoms with Crippen LogP contribution in [0.25, 0.3) is 0 Å². The molecule has 0 bridgehead atoms. The molecule has 0 spiro atoms. The standard InChI is InChI=1S/C15H21ClN2O4/c1-15(2,3)22-14(19)18-17-9-10-7-11(16)13-12(8-10)20-5-4-6-21-13/h7-8,17H,4-6,9H2,1-3H3,(H,18,19). The zero-order chi connectivity index (χ0) is 16.2. The van der Waals surface area contributed by atoms with Gasteiger partial charge in [0.1, 0.15) is 5.60 Å². The van der Waals surface area contributed by atoms with Crippen molar-refractivity contribution >= 4 is 17.7 Å². The SMILES string of the molecule is CC(C)(C)OC(=O)NNCc1cc(Cl)c2c(c1)OCCCO2. The number of rotatable bonds is 3. The number of hydrazine groups is 1. The summed E-state index contributed by atoms with van der Waals surface area (Å²) < 4.78 is 16.3. The van der Waals surface area contributed by atoms with Crippen LogP contribution >= 0.6 is 11.6 Å². The van der Waals surface area contributed by atoms with E-state index in [0.29, 0.717) is 36.3 Å². The van der Waals surface area contributed by atoms with E-state index in [1.54, 1.807) is 26.8 Å². The molecule has 6 nitrogen and oxygen atoms in total. The molecule has 2 rings (SSSR count). The number of amides is 1. The number of benzene rings is 1. The summed E-state index contributed by atoms with van der Waals surface area (Å²) in [6.45, 7) is 6.97. The first-order valence-corrected chi connectivity index (χ1v) is 7.53. The number of halogens is 1. The monoisotopic (exact) mass is 328 g/mol. The van der Waals surface area contributed by atoms with E-state index in [1.807, 2.05) is 6.07 Å². The second-order valence-corrected chi connectivity index (χ2v) is 6.34. The van der Waals surface area contributed by atoms with Crippen molar-refractivity contribution in [2.75, 3.05) is 13.2 Å². The van der Waals surface area contributed by atoms with Crippen molar-refractivity contribution < 1.29 is 19.0 Å². The van der Waals surface area contributed by atoms with Gasteiger partial charge in [0.2, 0.25) is 0 Å². The second-order valence-electron chi connectivity index (χ2n) is 5.94.